The van der Waals surface area contributed by atoms with Gasteiger partial charge in [-0.05, 0) is 31.6 Å². The van der Waals surface area contributed by atoms with Gasteiger partial charge in [0.05, 0.1) is 0 Å². The molecule has 0 radical (unpaired) electrons. The Morgan fingerprint density at radius 2 is 1.95 bits per heavy atom. The van der Waals surface area contributed by atoms with Crippen molar-refractivity contribution in [3.8, 4) is 0 Å². The molecular formula is C12H22F3N3O. The van der Waals surface area contributed by atoms with E-state index in [1.165, 1.54) is 0 Å². The van der Waals surface area contributed by atoms with E-state index in [9.17, 15) is 13.2 Å². The molecule has 0 heterocycles. The first-order valence-electron chi connectivity index (χ1n) is 6.66. The molecule has 0 spiro atoms. The molecule has 0 aromatic carbocycles. The minimum Gasteiger partial charge on any atom is -0.409 e. The number of halogens is 3. The Morgan fingerprint density at radius 3 is 2.37 bits per heavy atom. The minimum absolute atomic E-state index is 0.0964. The Kier molecular flexibility index (Phi) is 5.90. The molecule has 112 valence electrons. The van der Waals surface area contributed by atoms with Gasteiger partial charge in [0.2, 0.25) is 0 Å². The summed E-state index contributed by atoms with van der Waals surface area (Å²) in [5.41, 5.74) is 5.10. The van der Waals surface area contributed by atoms with Gasteiger partial charge in [-0.2, -0.15) is 13.2 Å². The number of hydrogen-bond acceptors (Lipinski definition) is 3. The zero-order chi connectivity index (χ0) is 14.5. The maximum Gasteiger partial charge on any atom is 0.400 e. The van der Waals surface area contributed by atoms with Gasteiger partial charge in [-0.15, -0.1) is 0 Å². The van der Waals surface area contributed by atoms with E-state index in [-0.39, 0.29) is 12.6 Å². The van der Waals surface area contributed by atoms with Crippen LogP contribution in [-0.2, 0) is 0 Å². The van der Waals surface area contributed by atoms with E-state index in [1.54, 1.807) is 0 Å². The third kappa shape index (κ3) is 4.89. The van der Waals surface area contributed by atoms with Crippen LogP contribution in [0.25, 0.3) is 0 Å². The molecule has 4 nitrogen and oxygen atoms in total. The zero-order valence-corrected chi connectivity index (χ0v) is 11.1. The molecule has 0 saturated heterocycles. The molecule has 0 bridgehead atoms. The fourth-order valence-electron chi connectivity index (χ4n) is 2.52. The molecule has 19 heavy (non-hydrogen) atoms. The predicted octanol–water partition coefficient (Wildman–Crippen LogP) is 2.47. The second kappa shape index (κ2) is 6.98. The van der Waals surface area contributed by atoms with Gasteiger partial charge in [0.1, 0.15) is 5.92 Å². The van der Waals surface area contributed by atoms with Crippen LogP contribution in [0.4, 0.5) is 13.2 Å². The third-order valence-corrected chi connectivity index (χ3v) is 3.90. The van der Waals surface area contributed by atoms with E-state index < -0.39 is 17.9 Å². The molecule has 1 aliphatic carbocycles. The molecule has 1 unspecified atom stereocenters. The SMILES string of the molecule is CCC1CCC(NCC(C(N)=NO)C(F)(F)F)CC1. The second-order valence-electron chi connectivity index (χ2n) is 5.15. The first-order valence-corrected chi connectivity index (χ1v) is 6.66. The van der Waals surface area contributed by atoms with Crippen LogP contribution in [0.3, 0.4) is 0 Å². The quantitative estimate of drug-likeness (QED) is 0.314. The van der Waals surface area contributed by atoms with Crippen molar-refractivity contribution in [2.75, 3.05) is 6.54 Å². The highest BCUT2D eigenvalue weighted by molar-refractivity contribution is 5.83. The Morgan fingerprint density at radius 1 is 1.37 bits per heavy atom. The lowest BCUT2D eigenvalue weighted by molar-refractivity contribution is -0.155. The van der Waals surface area contributed by atoms with Crippen LogP contribution in [-0.4, -0.2) is 29.8 Å². The Labute approximate surface area is 111 Å². The smallest absolute Gasteiger partial charge is 0.400 e. The summed E-state index contributed by atoms with van der Waals surface area (Å²) >= 11 is 0. The molecule has 7 heteroatoms. The van der Waals surface area contributed by atoms with Crippen molar-refractivity contribution >= 4 is 5.84 Å². The number of nitrogens with two attached hydrogens (primary N) is 1. The lowest BCUT2D eigenvalue weighted by atomic mass is 9.84. The lowest BCUT2D eigenvalue weighted by Gasteiger charge is -2.30. The van der Waals surface area contributed by atoms with Gasteiger partial charge in [0.15, 0.2) is 5.84 Å². The van der Waals surface area contributed by atoms with Crippen LogP contribution in [0.15, 0.2) is 5.16 Å². The van der Waals surface area contributed by atoms with Crippen LogP contribution in [0, 0.1) is 11.8 Å². The lowest BCUT2D eigenvalue weighted by Crippen LogP contribution is -2.46. The van der Waals surface area contributed by atoms with Gasteiger partial charge in [-0.3, -0.25) is 0 Å². The van der Waals surface area contributed by atoms with Crippen LogP contribution in [0.2, 0.25) is 0 Å². The molecule has 1 atom stereocenters. The summed E-state index contributed by atoms with van der Waals surface area (Å²) in [6, 6.07) is 0.0964. The van der Waals surface area contributed by atoms with Crippen molar-refractivity contribution in [1.82, 2.24) is 5.32 Å². The van der Waals surface area contributed by atoms with E-state index in [1.807, 2.05) is 0 Å². The van der Waals surface area contributed by atoms with Crippen LogP contribution in [0.5, 0.6) is 0 Å². The number of hydrogen-bond donors (Lipinski definition) is 3. The summed E-state index contributed by atoms with van der Waals surface area (Å²) in [6.07, 6.45) is 0.507. The van der Waals surface area contributed by atoms with E-state index in [4.69, 9.17) is 10.9 Å². The Hall–Kier alpha value is -0.980. The van der Waals surface area contributed by atoms with Gasteiger partial charge in [0, 0.05) is 12.6 Å². The molecule has 1 aliphatic rings. The number of rotatable bonds is 5. The molecular weight excluding hydrogens is 259 g/mol. The summed E-state index contributed by atoms with van der Waals surface area (Å²) in [5, 5.41) is 13.8. The monoisotopic (exact) mass is 281 g/mol. The molecule has 4 N–H and O–H groups in total. The highest BCUT2D eigenvalue weighted by Crippen LogP contribution is 2.29. The number of amidine groups is 1. The molecule has 1 fully saturated rings. The summed E-state index contributed by atoms with van der Waals surface area (Å²) < 4.78 is 38.1. The fourth-order valence-corrected chi connectivity index (χ4v) is 2.52. The van der Waals surface area contributed by atoms with Crippen molar-refractivity contribution in [1.29, 1.82) is 0 Å². The third-order valence-electron chi connectivity index (χ3n) is 3.90. The molecule has 0 aromatic rings. The van der Waals surface area contributed by atoms with Gasteiger partial charge in [-0.25, -0.2) is 0 Å². The minimum atomic E-state index is -4.50. The van der Waals surface area contributed by atoms with Crippen molar-refractivity contribution in [3.63, 3.8) is 0 Å². The summed E-state index contributed by atoms with van der Waals surface area (Å²) in [6.45, 7) is 1.80. The topological polar surface area (TPSA) is 70.6 Å². The van der Waals surface area contributed by atoms with E-state index in [2.05, 4.69) is 17.4 Å². The molecule has 0 aliphatic heterocycles. The predicted molar refractivity (Wildman–Crippen MR) is 67.0 cm³/mol. The van der Waals surface area contributed by atoms with Crippen LogP contribution < -0.4 is 11.1 Å². The van der Waals surface area contributed by atoms with Crippen molar-refractivity contribution in [3.05, 3.63) is 0 Å². The number of nitrogens with zero attached hydrogens (tertiary/aromatic N) is 1. The Bertz CT molecular complexity index is 299. The van der Waals surface area contributed by atoms with Crippen LogP contribution in [0.1, 0.15) is 39.0 Å². The Balaban J connectivity index is 2.45. The van der Waals surface area contributed by atoms with E-state index in [0.717, 1.165) is 32.1 Å². The fraction of sp³-hybridized carbons (Fsp3) is 0.917. The molecule has 1 rings (SSSR count). The second-order valence-corrected chi connectivity index (χ2v) is 5.15. The molecule has 0 aromatic heterocycles. The number of nitrogens with one attached hydrogen (secondary N) is 1. The average Bonchev–Trinajstić information content (AvgIpc) is 2.37. The van der Waals surface area contributed by atoms with Crippen molar-refractivity contribution in [2.45, 2.75) is 51.2 Å². The van der Waals surface area contributed by atoms with Gasteiger partial charge >= 0.3 is 6.18 Å². The maximum absolute atomic E-state index is 12.7. The highest BCUT2D eigenvalue weighted by Gasteiger charge is 2.42. The molecule has 0 amide bonds. The van der Waals surface area contributed by atoms with E-state index >= 15 is 0 Å². The summed E-state index contributed by atoms with van der Waals surface area (Å²) in [7, 11) is 0. The maximum atomic E-state index is 12.7. The normalized spacial score (nSPS) is 27.3. The van der Waals surface area contributed by atoms with Gasteiger partial charge in [0.25, 0.3) is 0 Å². The van der Waals surface area contributed by atoms with Crippen molar-refractivity contribution in [2.24, 2.45) is 22.7 Å². The average molecular weight is 281 g/mol. The summed E-state index contributed by atoms with van der Waals surface area (Å²) in [5.74, 6) is -2.02. The van der Waals surface area contributed by atoms with Crippen LogP contribution >= 0.6 is 0 Å². The summed E-state index contributed by atoms with van der Waals surface area (Å²) in [4.78, 5) is 0. The highest BCUT2D eigenvalue weighted by atomic mass is 19.4. The van der Waals surface area contributed by atoms with Crippen molar-refractivity contribution < 1.29 is 18.4 Å². The standard InChI is InChI=1S/C12H22F3N3O/c1-2-8-3-5-9(6-4-8)17-7-10(11(16)18-19)12(13,14)15/h8-10,17,19H,2-7H2,1H3,(H2,16,18). The first kappa shape index (κ1) is 16.1. The van der Waals surface area contributed by atoms with E-state index in [0.29, 0.717) is 5.92 Å². The zero-order valence-electron chi connectivity index (χ0n) is 11.1. The number of oxime groups is 1. The molecule has 1 saturated carbocycles. The largest absolute Gasteiger partial charge is 0.409 e. The number of alkyl halides is 3. The first-order chi connectivity index (χ1) is 8.88. The van der Waals surface area contributed by atoms with Gasteiger partial charge < -0.3 is 16.3 Å². The van der Waals surface area contributed by atoms with Gasteiger partial charge in [-0.1, -0.05) is 18.5 Å².